The Morgan fingerprint density at radius 3 is 2.46 bits per heavy atom. The van der Waals surface area contributed by atoms with Crippen molar-refractivity contribution < 1.29 is 22.7 Å². The third kappa shape index (κ3) is 6.04. The van der Waals surface area contributed by atoms with E-state index in [0.29, 0.717) is 38.7 Å². The predicted octanol–water partition coefficient (Wildman–Crippen LogP) is -1.51. The Bertz CT molecular complexity index is 672. The van der Waals surface area contributed by atoms with Crippen LogP contribution in [0.25, 0.3) is 0 Å². The highest BCUT2D eigenvalue weighted by Gasteiger charge is 2.29. The average Bonchev–Trinajstić information content (AvgIpc) is 2.97. The van der Waals surface area contributed by atoms with Gasteiger partial charge in [-0.2, -0.15) is 4.31 Å². The number of rotatable bonds is 8. The molecule has 0 aromatic heterocycles. The summed E-state index contributed by atoms with van der Waals surface area (Å²) in [6, 6.07) is -0.387. The number of amides is 3. The number of aliphatic imine (C=N–C) groups is 1. The van der Waals surface area contributed by atoms with Gasteiger partial charge in [-0.15, -0.1) is 0 Å². The van der Waals surface area contributed by atoms with Gasteiger partial charge < -0.3 is 20.3 Å². The van der Waals surface area contributed by atoms with Crippen LogP contribution in [-0.4, -0.2) is 112 Å². The molecule has 2 rings (SSSR count). The Balaban J connectivity index is 1.77. The maximum atomic E-state index is 12.4. The lowest BCUT2D eigenvalue weighted by Crippen LogP contribution is -2.54. The van der Waals surface area contributed by atoms with Gasteiger partial charge in [0, 0.05) is 46.3 Å². The number of nitrogens with one attached hydrogen (secondary N) is 2. The summed E-state index contributed by atoms with van der Waals surface area (Å²) in [6.07, 6.45) is 0.00312. The van der Waals surface area contributed by atoms with E-state index >= 15 is 0 Å². The molecular weight excluding hydrogens is 388 g/mol. The molecule has 160 valence electrons. The van der Waals surface area contributed by atoms with Crippen molar-refractivity contribution in [2.45, 2.75) is 20.0 Å². The van der Waals surface area contributed by atoms with Crippen LogP contribution in [0.3, 0.4) is 0 Å². The zero-order chi connectivity index (χ0) is 20.7. The molecule has 3 amide bonds. The standard InChI is InChI=1S/C16H30N6O5S/c1-13(2)27-10-11-28(25,26)21-8-6-20(7-9-21)15(17-3)18-4-5-22-14(23)12-19-16(22)24/h13H,4-12H2,1-3H3,(H,17,18)(H,19,24). The second-order valence-corrected chi connectivity index (χ2v) is 8.89. The number of piperazine rings is 1. The molecule has 0 radical (unpaired) electrons. The summed E-state index contributed by atoms with van der Waals surface area (Å²) < 4.78 is 31.6. The number of hydrogen-bond acceptors (Lipinski definition) is 6. The fraction of sp³-hybridized carbons (Fsp3) is 0.812. The molecule has 0 spiro atoms. The fourth-order valence-electron chi connectivity index (χ4n) is 2.99. The Morgan fingerprint density at radius 2 is 1.93 bits per heavy atom. The molecule has 0 aromatic rings. The summed E-state index contributed by atoms with van der Waals surface area (Å²) >= 11 is 0. The number of carbonyl (C=O) groups excluding carboxylic acids is 2. The highest BCUT2D eigenvalue weighted by molar-refractivity contribution is 7.89. The van der Waals surface area contributed by atoms with E-state index < -0.39 is 10.0 Å². The van der Waals surface area contributed by atoms with Crippen molar-refractivity contribution in [2.75, 3.05) is 65.2 Å². The molecule has 0 bridgehead atoms. The first-order valence-corrected chi connectivity index (χ1v) is 11.0. The minimum absolute atomic E-state index is 0.00312. The third-order valence-electron chi connectivity index (χ3n) is 4.49. The van der Waals surface area contributed by atoms with E-state index in [1.54, 1.807) is 7.05 Å². The summed E-state index contributed by atoms with van der Waals surface area (Å²) in [4.78, 5) is 30.4. The van der Waals surface area contributed by atoms with Crippen LogP contribution in [0.4, 0.5) is 4.79 Å². The quantitative estimate of drug-likeness (QED) is 0.279. The van der Waals surface area contributed by atoms with Crippen molar-refractivity contribution in [3.05, 3.63) is 0 Å². The maximum absolute atomic E-state index is 12.4. The zero-order valence-electron chi connectivity index (χ0n) is 16.7. The molecule has 28 heavy (non-hydrogen) atoms. The van der Waals surface area contributed by atoms with E-state index in [4.69, 9.17) is 4.74 Å². The summed E-state index contributed by atoms with van der Waals surface area (Å²) in [7, 11) is -1.70. The number of ether oxygens (including phenoxy) is 1. The van der Waals surface area contributed by atoms with E-state index in [2.05, 4.69) is 15.6 Å². The van der Waals surface area contributed by atoms with Gasteiger partial charge in [0.1, 0.15) is 0 Å². The molecule has 2 aliphatic heterocycles. The fourth-order valence-corrected chi connectivity index (χ4v) is 4.27. The van der Waals surface area contributed by atoms with Crippen LogP contribution in [-0.2, 0) is 19.6 Å². The largest absolute Gasteiger partial charge is 0.378 e. The first-order chi connectivity index (χ1) is 13.2. The number of urea groups is 1. The van der Waals surface area contributed by atoms with E-state index in [-0.39, 0.29) is 43.5 Å². The first-order valence-electron chi connectivity index (χ1n) is 9.38. The van der Waals surface area contributed by atoms with Crippen molar-refractivity contribution in [1.29, 1.82) is 0 Å². The van der Waals surface area contributed by atoms with Gasteiger partial charge in [-0.1, -0.05) is 0 Å². The number of nitrogens with zero attached hydrogens (tertiary/aromatic N) is 4. The number of sulfonamides is 1. The molecule has 2 N–H and O–H groups in total. The molecule has 2 heterocycles. The highest BCUT2D eigenvalue weighted by atomic mass is 32.2. The van der Waals surface area contributed by atoms with Gasteiger partial charge in [0.05, 0.1) is 25.0 Å². The van der Waals surface area contributed by atoms with E-state index in [0.717, 1.165) is 4.90 Å². The average molecular weight is 419 g/mol. The topological polar surface area (TPSA) is 124 Å². The number of imide groups is 1. The SMILES string of the molecule is CN=C(NCCN1C(=O)CNC1=O)N1CCN(S(=O)(=O)CCOC(C)C)CC1. The molecule has 0 aliphatic carbocycles. The van der Waals surface area contributed by atoms with Crippen molar-refractivity contribution in [3.8, 4) is 0 Å². The second-order valence-electron chi connectivity index (χ2n) is 6.80. The van der Waals surface area contributed by atoms with Gasteiger partial charge in [0.25, 0.3) is 0 Å². The summed E-state index contributed by atoms with van der Waals surface area (Å²) in [6.45, 7) is 6.34. The molecular formula is C16H30N6O5S. The number of guanidine groups is 1. The van der Waals surface area contributed by atoms with E-state index in [1.165, 1.54) is 4.31 Å². The second kappa shape index (κ2) is 10.0. The van der Waals surface area contributed by atoms with Crippen molar-refractivity contribution in [2.24, 2.45) is 4.99 Å². The molecule has 2 aliphatic rings. The van der Waals surface area contributed by atoms with Crippen LogP contribution < -0.4 is 10.6 Å². The van der Waals surface area contributed by atoms with Crippen LogP contribution in [0.2, 0.25) is 0 Å². The van der Waals surface area contributed by atoms with Crippen LogP contribution >= 0.6 is 0 Å². The molecule has 0 unspecified atom stereocenters. The third-order valence-corrected chi connectivity index (χ3v) is 6.33. The summed E-state index contributed by atoms with van der Waals surface area (Å²) in [5, 5.41) is 5.59. The van der Waals surface area contributed by atoms with Crippen LogP contribution in [0, 0.1) is 0 Å². The Hall–Kier alpha value is -1.92. The molecule has 2 fully saturated rings. The molecule has 0 aromatic carbocycles. The van der Waals surface area contributed by atoms with Gasteiger partial charge in [0.2, 0.25) is 15.9 Å². The monoisotopic (exact) mass is 418 g/mol. The lowest BCUT2D eigenvalue weighted by atomic mass is 10.4. The van der Waals surface area contributed by atoms with Crippen LogP contribution in [0.1, 0.15) is 13.8 Å². The van der Waals surface area contributed by atoms with Crippen LogP contribution in [0.15, 0.2) is 4.99 Å². The van der Waals surface area contributed by atoms with Gasteiger partial charge >= 0.3 is 6.03 Å². The Morgan fingerprint density at radius 1 is 1.25 bits per heavy atom. The minimum Gasteiger partial charge on any atom is -0.378 e. The Labute approximate surface area is 166 Å². The van der Waals surface area contributed by atoms with Crippen molar-refractivity contribution in [1.82, 2.24) is 24.7 Å². The molecule has 0 atom stereocenters. The highest BCUT2D eigenvalue weighted by Crippen LogP contribution is 2.09. The smallest absolute Gasteiger partial charge is 0.324 e. The molecule has 11 nitrogen and oxygen atoms in total. The maximum Gasteiger partial charge on any atom is 0.324 e. The van der Waals surface area contributed by atoms with Crippen molar-refractivity contribution in [3.63, 3.8) is 0 Å². The predicted molar refractivity (Wildman–Crippen MR) is 104 cm³/mol. The van der Waals surface area contributed by atoms with Gasteiger partial charge in [-0.3, -0.25) is 14.7 Å². The van der Waals surface area contributed by atoms with Crippen molar-refractivity contribution >= 4 is 27.9 Å². The molecule has 2 saturated heterocycles. The van der Waals surface area contributed by atoms with Gasteiger partial charge in [-0.25, -0.2) is 13.2 Å². The summed E-state index contributed by atoms with van der Waals surface area (Å²) in [5.41, 5.74) is 0. The van der Waals surface area contributed by atoms with E-state index in [1.807, 2.05) is 18.7 Å². The van der Waals surface area contributed by atoms with Crippen LogP contribution in [0.5, 0.6) is 0 Å². The normalized spacial score (nSPS) is 19.5. The van der Waals surface area contributed by atoms with Gasteiger partial charge in [0.15, 0.2) is 5.96 Å². The lowest BCUT2D eigenvalue weighted by molar-refractivity contribution is -0.124. The Kier molecular flexibility index (Phi) is 8.01. The first kappa shape index (κ1) is 22.4. The molecule has 12 heteroatoms. The molecule has 0 saturated carbocycles. The summed E-state index contributed by atoms with van der Waals surface area (Å²) in [5.74, 6) is 0.346. The zero-order valence-corrected chi connectivity index (χ0v) is 17.5. The minimum atomic E-state index is -3.34. The number of carbonyl (C=O) groups is 2. The van der Waals surface area contributed by atoms with E-state index in [9.17, 15) is 18.0 Å². The van der Waals surface area contributed by atoms with Gasteiger partial charge in [-0.05, 0) is 13.8 Å². The number of hydrogen-bond donors (Lipinski definition) is 2. The lowest BCUT2D eigenvalue weighted by Gasteiger charge is -2.36.